The number of benzene rings is 3. The van der Waals surface area contributed by atoms with Crippen molar-refractivity contribution in [2.45, 2.75) is 56.4 Å². The van der Waals surface area contributed by atoms with Gasteiger partial charge in [-0.2, -0.15) is 0 Å². The molecule has 0 N–H and O–H groups in total. The van der Waals surface area contributed by atoms with Crippen molar-refractivity contribution in [3.05, 3.63) is 106 Å². The van der Waals surface area contributed by atoms with Gasteiger partial charge in [0.05, 0.1) is 15.6 Å². The van der Waals surface area contributed by atoms with Crippen LogP contribution < -0.4 is 0 Å². The first-order valence-electron chi connectivity index (χ1n) is 15.1. The maximum atomic E-state index is 13.5. The summed E-state index contributed by atoms with van der Waals surface area (Å²) in [5, 5.41) is 1.11. The second-order valence-corrected chi connectivity index (χ2v) is 12.8. The van der Waals surface area contributed by atoms with Crippen molar-refractivity contribution in [3.8, 4) is 0 Å². The van der Waals surface area contributed by atoms with Crippen LogP contribution in [0.5, 0.6) is 0 Å². The van der Waals surface area contributed by atoms with Crippen LogP contribution in [0.25, 0.3) is 0 Å². The van der Waals surface area contributed by atoms with E-state index < -0.39 is 0 Å². The summed E-state index contributed by atoms with van der Waals surface area (Å²) in [6, 6.07) is 26.0. The molecule has 0 aromatic heterocycles. The average molecular weight is 688 g/mol. The maximum Gasteiger partial charge on any atom is 0.253 e. The molecule has 0 saturated carbocycles. The Morgan fingerprint density at radius 1 is 0.837 bits per heavy atom. The summed E-state index contributed by atoms with van der Waals surface area (Å²) >= 11 is 12.8. The minimum absolute atomic E-state index is 0. The van der Waals surface area contributed by atoms with Gasteiger partial charge in [0.25, 0.3) is 5.91 Å². The van der Waals surface area contributed by atoms with E-state index in [1.54, 1.807) is 6.92 Å². The standard InChI is InChI=1S/C35H41Cl2N3O2.BrH/c1-27(41)38(2)35(29-13-7-4-8-14-29)19-23-39(24-20-35)21-9-17-34(30-15-16-31(36)32(37)25-30)18-10-22-40(26-34)33(42)28-11-5-3-6-12-28;/h3-8,11-16,25H,9-10,17-24,26H2,1-2H3;1H. The SMILES string of the molecule is Br.CC(=O)N(C)C1(c2ccccc2)CCN(CCCC2(c3ccc(Cl)c(Cl)c3)CCCN(C(=O)c3ccccc3)C2)CC1. The Kier molecular flexibility index (Phi) is 11.4. The summed E-state index contributed by atoms with van der Waals surface area (Å²) in [5.74, 6) is 0.186. The van der Waals surface area contributed by atoms with Gasteiger partial charge in [0.1, 0.15) is 0 Å². The number of carbonyl (C=O) groups is 2. The normalized spacial score (nSPS) is 20.2. The van der Waals surface area contributed by atoms with Crippen molar-refractivity contribution in [3.63, 3.8) is 0 Å². The fourth-order valence-electron chi connectivity index (χ4n) is 7.13. The zero-order valence-corrected chi connectivity index (χ0v) is 28.3. The lowest BCUT2D eigenvalue weighted by molar-refractivity contribution is -0.136. The Labute approximate surface area is 276 Å². The molecule has 0 spiro atoms. The predicted octanol–water partition coefficient (Wildman–Crippen LogP) is 8.00. The zero-order chi connectivity index (χ0) is 29.7. The van der Waals surface area contributed by atoms with E-state index >= 15 is 0 Å². The van der Waals surface area contributed by atoms with Gasteiger partial charge in [-0.25, -0.2) is 0 Å². The fraction of sp³-hybridized carbons (Fsp3) is 0.429. The fourth-order valence-corrected chi connectivity index (χ4v) is 7.43. The summed E-state index contributed by atoms with van der Waals surface area (Å²) in [6.45, 7) is 5.93. The van der Waals surface area contributed by atoms with Crippen LogP contribution >= 0.6 is 40.2 Å². The highest BCUT2D eigenvalue weighted by atomic mass is 79.9. The number of hydrogen-bond acceptors (Lipinski definition) is 3. The lowest BCUT2D eigenvalue weighted by atomic mass is 9.70. The summed E-state index contributed by atoms with van der Waals surface area (Å²) in [6.07, 6.45) is 5.73. The molecule has 5 rings (SSSR count). The van der Waals surface area contributed by atoms with E-state index in [0.29, 0.717) is 16.6 Å². The second-order valence-electron chi connectivity index (χ2n) is 12.0. The molecule has 2 heterocycles. The molecule has 1 atom stereocenters. The Bertz CT molecular complexity index is 1380. The van der Waals surface area contributed by atoms with Gasteiger partial charge in [0, 0.05) is 51.1 Å². The number of carbonyl (C=O) groups excluding carboxylic acids is 2. The summed E-state index contributed by atoms with van der Waals surface area (Å²) < 4.78 is 0. The Balaban J connectivity index is 0.00000423. The monoisotopic (exact) mass is 685 g/mol. The maximum absolute atomic E-state index is 13.5. The van der Waals surface area contributed by atoms with Crippen molar-refractivity contribution in [2.24, 2.45) is 0 Å². The molecule has 43 heavy (non-hydrogen) atoms. The smallest absolute Gasteiger partial charge is 0.253 e. The van der Waals surface area contributed by atoms with E-state index in [1.807, 2.05) is 65.4 Å². The summed E-state index contributed by atoms with van der Waals surface area (Å²) in [4.78, 5) is 32.5. The molecule has 0 bridgehead atoms. The highest BCUT2D eigenvalue weighted by Crippen LogP contribution is 2.42. The molecule has 0 aliphatic carbocycles. The molecule has 1 unspecified atom stereocenters. The summed E-state index contributed by atoms with van der Waals surface area (Å²) in [7, 11) is 1.94. The lowest BCUT2D eigenvalue weighted by Gasteiger charge is -2.48. The largest absolute Gasteiger partial charge is 0.338 e. The Morgan fingerprint density at radius 2 is 1.49 bits per heavy atom. The van der Waals surface area contributed by atoms with E-state index in [4.69, 9.17) is 23.2 Å². The third-order valence-corrected chi connectivity index (χ3v) is 10.4. The number of piperidine rings is 2. The van der Waals surface area contributed by atoms with Gasteiger partial charge in [-0.05, 0) is 80.5 Å². The van der Waals surface area contributed by atoms with Crippen molar-refractivity contribution in [1.82, 2.24) is 14.7 Å². The number of nitrogens with zero attached hydrogens (tertiary/aromatic N) is 3. The van der Waals surface area contributed by atoms with Crippen molar-refractivity contribution in [1.29, 1.82) is 0 Å². The molecule has 2 saturated heterocycles. The van der Waals surface area contributed by atoms with Crippen LogP contribution in [-0.4, -0.2) is 66.3 Å². The van der Waals surface area contributed by atoms with Gasteiger partial charge in [0.15, 0.2) is 0 Å². The van der Waals surface area contributed by atoms with Crippen LogP contribution in [0.3, 0.4) is 0 Å². The number of rotatable bonds is 8. The van der Waals surface area contributed by atoms with Gasteiger partial charge >= 0.3 is 0 Å². The van der Waals surface area contributed by atoms with E-state index in [0.717, 1.165) is 75.8 Å². The molecule has 8 heteroatoms. The minimum Gasteiger partial charge on any atom is -0.338 e. The number of amides is 2. The van der Waals surface area contributed by atoms with Gasteiger partial charge in [0.2, 0.25) is 5.91 Å². The molecule has 2 fully saturated rings. The van der Waals surface area contributed by atoms with Gasteiger partial charge in [-0.15, -0.1) is 17.0 Å². The number of halogens is 3. The van der Waals surface area contributed by atoms with E-state index in [2.05, 4.69) is 35.2 Å². The predicted molar refractivity (Wildman–Crippen MR) is 182 cm³/mol. The molecule has 2 aliphatic heterocycles. The van der Waals surface area contributed by atoms with Crippen LogP contribution in [-0.2, 0) is 15.7 Å². The molecule has 230 valence electrons. The molecule has 5 nitrogen and oxygen atoms in total. The topological polar surface area (TPSA) is 43.9 Å². The number of likely N-dealkylation sites (tertiary alicyclic amines) is 2. The van der Waals surface area contributed by atoms with Crippen molar-refractivity contribution < 1.29 is 9.59 Å². The zero-order valence-electron chi connectivity index (χ0n) is 25.1. The molecule has 3 aromatic rings. The molecular weight excluding hydrogens is 645 g/mol. The molecule has 3 aromatic carbocycles. The summed E-state index contributed by atoms with van der Waals surface area (Å²) in [5.41, 5.74) is 2.65. The molecule has 2 amide bonds. The first-order valence-corrected chi connectivity index (χ1v) is 15.8. The van der Waals surface area contributed by atoms with Gasteiger partial charge in [-0.1, -0.05) is 77.8 Å². The van der Waals surface area contributed by atoms with Crippen LogP contribution in [0, 0.1) is 0 Å². The lowest BCUT2D eigenvalue weighted by Crippen LogP contribution is -2.53. The van der Waals surface area contributed by atoms with Crippen LogP contribution in [0.1, 0.15) is 66.9 Å². The molecular formula is C35H42BrCl2N3O2. The molecule has 2 aliphatic rings. The Morgan fingerprint density at radius 3 is 2.12 bits per heavy atom. The van der Waals surface area contributed by atoms with Gasteiger partial charge in [-0.3, -0.25) is 9.59 Å². The highest BCUT2D eigenvalue weighted by molar-refractivity contribution is 8.93. The third kappa shape index (κ3) is 7.30. The first-order chi connectivity index (χ1) is 20.2. The quantitative estimate of drug-likeness (QED) is 0.241. The second kappa shape index (κ2) is 14.6. The van der Waals surface area contributed by atoms with Gasteiger partial charge < -0.3 is 14.7 Å². The van der Waals surface area contributed by atoms with Crippen LogP contribution in [0.2, 0.25) is 10.0 Å². The van der Waals surface area contributed by atoms with Crippen LogP contribution in [0.15, 0.2) is 78.9 Å². The first kappa shape index (κ1) is 33.5. The third-order valence-electron chi connectivity index (χ3n) is 9.66. The van der Waals surface area contributed by atoms with Crippen LogP contribution in [0.4, 0.5) is 0 Å². The van der Waals surface area contributed by atoms with E-state index in [-0.39, 0.29) is 39.7 Å². The number of hydrogen-bond donors (Lipinski definition) is 0. The Hall–Kier alpha value is -2.38. The minimum atomic E-state index is -0.271. The van der Waals surface area contributed by atoms with E-state index in [1.165, 1.54) is 5.56 Å². The van der Waals surface area contributed by atoms with Crippen molar-refractivity contribution in [2.75, 3.05) is 39.8 Å². The van der Waals surface area contributed by atoms with E-state index in [9.17, 15) is 9.59 Å². The molecule has 0 radical (unpaired) electrons. The average Bonchev–Trinajstić information content (AvgIpc) is 3.03. The van der Waals surface area contributed by atoms with Crippen molar-refractivity contribution >= 4 is 52.0 Å². The highest BCUT2D eigenvalue weighted by Gasteiger charge is 2.42.